The predicted molar refractivity (Wildman–Crippen MR) is 49.1 cm³/mol. The molecule has 0 saturated carbocycles. The maximum atomic E-state index is 4.40. The molecule has 3 heteroatoms. The van der Waals surface area contributed by atoms with Gasteiger partial charge >= 0.3 is 0 Å². The highest BCUT2D eigenvalue weighted by Gasteiger charge is 2.08. The Morgan fingerprint density at radius 3 is 2.75 bits per heavy atom. The zero-order valence-electron chi connectivity index (χ0n) is 8.09. The predicted octanol–water partition coefficient (Wildman–Crippen LogP) is 2.27. The molecule has 3 nitrogen and oxygen atoms in total. The minimum atomic E-state index is 0.479. The van der Waals surface area contributed by atoms with E-state index in [-0.39, 0.29) is 0 Å². The van der Waals surface area contributed by atoms with Gasteiger partial charge in [0.2, 0.25) is 0 Å². The second-order valence-corrected chi connectivity index (χ2v) is 3.20. The van der Waals surface area contributed by atoms with Crippen molar-refractivity contribution in [1.82, 2.24) is 15.2 Å². The summed E-state index contributed by atoms with van der Waals surface area (Å²) < 4.78 is 0. The van der Waals surface area contributed by atoms with Crippen molar-refractivity contribution in [2.45, 2.75) is 46.0 Å². The van der Waals surface area contributed by atoms with E-state index in [9.17, 15) is 0 Å². The molecule has 1 aromatic rings. The lowest BCUT2D eigenvalue weighted by molar-refractivity contribution is 0.681. The average molecular weight is 167 g/mol. The van der Waals surface area contributed by atoms with E-state index < -0.39 is 0 Å². The Labute approximate surface area is 73.6 Å². The van der Waals surface area contributed by atoms with Gasteiger partial charge in [0.15, 0.2) is 5.82 Å². The molecular weight excluding hydrogens is 150 g/mol. The van der Waals surface area contributed by atoms with Crippen molar-refractivity contribution in [2.24, 2.45) is 0 Å². The Bertz CT molecular complexity index is 229. The number of hydrogen-bond donors (Lipinski definition) is 1. The monoisotopic (exact) mass is 167 g/mol. The maximum absolute atomic E-state index is 4.40. The van der Waals surface area contributed by atoms with Crippen LogP contribution in [-0.2, 0) is 6.42 Å². The van der Waals surface area contributed by atoms with E-state index in [0.29, 0.717) is 5.92 Å². The highest BCUT2D eigenvalue weighted by atomic mass is 15.2. The fourth-order valence-corrected chi connectivity index (χ4v) is 1.06. The van der Waals surface area contributed by atoms with Crippen molar-refractivity contribution in [3.05, 3.63) is 11.6 Å². The topological polar surface area (TPSA) is 41.6 Å². The molecule has 0 radical (unpaired) electrons. The minimum absolute atomic E-state index is 0.479. The highest BCUT2D eigenvalue weighted by molar-refractivity contribution is 4.95. The Morgan fingerprint density at radius 2 is 2.17 bits per heavy atom. The van der Waals surface area contributed by atoms with Crippen LogP contribution in [0.15, 0.2) is 0 Å². The molecule has 0 aromatic carbocycles. The summed E-state index contributed by atoms with van der Waals surface area (Å²) in [6, 6.07) is 0. The first kappa shape index (κ1) is 9.23. The molecule has 0 bridgehead atoms. The number of aromatic nitrogens is 3. The number of nitrogens with zero attached hydrogens (tertiary/aromatic N) is 2. The Hall–Kier alpha value is -0.860. The van der Waals surface area contributed by atoms with Gasteiger partial charge in [0.25, 0.3) is 0 Å². The zero-order valence-corrected chi connectivity index (χ0v) is 8.09. The van der Waals surface area contributed by atoms with Gasteiger partial charge in [0.1, 0.15) is 5.82 Å². The third-order valence-electron chi connectivity index (χ3n) is 2.09. The molecule has 1 rings (SSSR count). The van der Waals surface area contributed by atoms with E-state index in [1.165, 1.54) is 0 Å². The first-order valence-electron chi connectivity index (χ1n) is 4.69. The van der Waals surface area contributed by atoms with Crippen LogP contribution in [-0.4, -0.2) is 15.2 Å². The zero-order chi connectivity index (χ0) is 8.97. The molecule has 1 aromatic heterocycles. The third-order valence-corrected chi connectivity index (χ3v) is 2.09. The molecule has 1 N–H and O–H groups in total. The summed E-state index contributed by atoms with van der Waals surface area (Å²) in [6.07, 6.45) is 3.22. The third kappa shape index (κ3) is 2.06. The van der Waals surface area contributed by atoms with E-state index in [4.69, 9.17) is 0 Å². The molecular formula is C9H17N3. The number of aromatic amines is 1. The van der Waals surface area contributed by atoms with Crippen molar-refractivity contribution in [2.75, 3.05) is 0 Å². The molecule has 12 heavy (non-hydrogen) atoms. The lowest BCUT2D eigenvalue weighted by Crippen LogP contribution is -1.94. The van der Waals surface area contributed by atoms with Crippen LogP contribution in [0.25, 0.3) is 0 Å². The second kappa shape index (κ2) is 4.24. The largest absolute Gasteiger partial charge is 0.263 e. The SMILES string of the molecule is CCCc1nc(C(C)CC)n[nH]1. The molecule has 0 aliphatic heterocycles. The number of hydrogen-bond acceptors (Lipinski definition) is 2. The minimum Gasteiger partial charge on any atom is -0.263 e. The van der Waals surface area contributed by atoms with E-state index in [0.717, 1.165) is 30.9 Å². The second-order valence-electron chi connectivity index (χ2n) is 3.20. The molecule has 1 unspecified atom stereocenters. The van der Waals surface area contributed by atoms with E-state index >= 15 is 0 Å². The van der Waals surface area contributed by atoms with E-state index in [1.54, 1.807) is 0 Å². The Balaban J connectivity index is 2.63. The van der Waals surface area contributed by atoms with Crippen molar-refractivity contribution in [1.29, 1.82) is 0 Å². The number of nitrogens with one attached hydrogen (secondary N) is 1. The first-order chi connectivity index (χ1) is 5.77. The standard InChI is InChI=1S/C9H17N3/c1-4-6-8-10-9(12-11-8)7(3)5-2/h7H,4-6H2,1-3H3,(H,10,11,12). The van der Waals surface area contributed by atoms with Gasteiger partial charge in [-0.05, 0) is 12.8 Å². The Morgan fingerprint density at radius 1 is 1.42 bits per heavy atom. The summed E-state index contributed by atoms with van der Waals surface area (Å²) in [7, 11) is 0. The van der Waals surface area contributed by atoms with Crippen LogP contribution in [0.2, 0.25) is 0 Å². The van der Waals surface area contributed by atoms with E-state index in [1.807, 2.05) is 0 Å². The number of H-pyrrole nitrogens is 1. The van der Waals surface area contributed by atoms with Crippen LogP contribution in [0, 0.1) is 0 Å². The van der Waals surface area contributed by atoms with Crippen LogP contribution in [0.4, 0.5) is 0 Å². The highest BCUT2D eigenvalue weighted by Crippen LogP contribution is 2.13. The fourth-order valence-electron chi connectivity index (χ4n) is 1.06. The molecule has 0 amide bonds. The summed E-state index contributed by atoms with van der Waals surface area (Å²) in [4.78, 5) is 4.40. The fraction of sp³-hybridized carbons (Fsp3) is 0.778. The van der Waals surface area contributed by atoms with Gasteiger partial charge in [-0.25, -0.2) is 4.98 Å². The van der Waals surface area contributed by atoms with Gasteiger partial charge in [-0.1, -0.05) is 20.8 Å². The van der Waals surface area contributed by atoms with Crippen LogP contribution >= 0.6 is 0 Å². The van der Waals surface area contributed by atoms with Crippen LogP contribution in [0.5, 0.6) is 0 Å². The van der Waals surface area contributed by atoms with Crippen LogP contribution in [0.3, 0.4) is 0 Å². The summed E-state index contributed by atoms with van der Waals surface area (Å²) in [5.74, 6) is 2.46. The van der Waals surface area contributed by atoms with Crippen LogP contribution in [0.1, 0.15) is 51.2 Å². The summed E-state index contributed by atoms with van der Waals surface area (Å²) >= 11 is 0. The number of aryl methyl sites for hydroxylation is 1. The first-order valence-corrected chi connectivity index (χ1v) is 4.69. The van der Waals surface area contributed by atoms with Crippen molar-refractivity contribution >= 4 is 0 Å². The lowest BCUT2D eigenvalue weighted by atomic mass is 10.1. The molecule has 0 spiro atoms. The van der Waals surface area contributed by atoms with Gasteiger partial charge in [0.05, 0.1) is 0 Å². The quantitative estimate of drug-likeness (QED) is 0.747. The van der Waals surface area contributed by atoms with Crippen molar-refractivity contribution in [3.63, 3.8) is 0 Å². The van der Waals surface area contributed by atoms with Gasteiger partial charge in [-0.2, -0.15) is 5.10 Å². The molecule has 0 aliphatic rings. The molecule has 68 valence electrons. The van der Waals surface area contributed by atoms with Crippen molar-refractivity contribution < 1.29 is 0 Å². The molecule has 0 saturated heterocycles. The Kier molecular flexibility index (Phi) is 3.26. The summed E-state index contributed by atoms with van der Waals surface area (Å²) in [5.41, 5.74) is 0. The van der Waals surface area contributed by atoms with E-state index in [2.05, 4.69) is 36.0 Å². The molecule has 1 heterocycles. The maximum Gasteiger partial charge on any atom is 0.153 e. The van der Waals surface area contributed by atoms with Gasteiger partial charge in [0, 0.05) is 12.3 Å². The van der Waals surface area contributed by atoms with Crippen molar-refractivity contribution in [3.8, 4) is 0 Å². The molecule has 0 fully saturated rings. The smallest absolute Gasteiger partial charge is 0.153 e. The average Bonchev–Trinajstić information content (AvgIpc) is 2.52. The normalized spacial score (nSPS) is 13.2. The molecule has 1 atom stereocenters. The number of rotatable bonds is 4. The van der Waals surface area contributed by atoms with Gasteiger partial charge < -0.3 is 0 Å². The van der Waals surface area contributed by atoms with Gasteiger partial charge in [-0.3, -0.25) is 5.10 Å². The summed E-state index contributed by atoms with van der Waals surface area (Å²) in [6.45, 7) is 6.45. The summed E-state index contributed by atoms with van der Waals surface area (Å²) in [5, 5.41) is 7.13. The van der Waals surface area contributed by atoms with Crippen LogP contribution < -0.4 is 0 Å². The molecule has 0 aliphatic carbocycles. The van der Waals surface area contributed by atoms with Gasteiger partial charge in [-0.15, -0.1) is 0 Å². The lowest BCUT2D eigenvalue weighted by Gasteiger charge is -1.99.